The Labute approximate surface area is 382 Å². The number of phenolic OH excluding ortho intramolecular Hbond substituents is 2. The Morgan fingerprint density at radius 1 is 0.676 bits per heavy atom. The highest BCUT2D eigenvalue weighted by molar-refractivity contribution is 7.86. The molecule has 1 atom stereocenters. The van der Waals surface area contributed by atoms with Gasteiger partial charge in [-0.2, -0.15) is 59.1 Å². The number of rotatable bonds is 13. The van der Waals surface area contributed by atoms with Gasteiger partial charge in [-0.3, -0.25) is 27.8 Å². The molecule has 1 unspecified atom stereocenters. The highest BCUT2D eigenvalue weighted by atomic mass is 32.2. The van der Waals surface area contributed by atoms with Crippen molar-refractivity contribution in [2.75, 3.05) is 12.1 Å². The minimum Gasteiger partial charge on any atom is -0.507 e. The maximum Gasteiger partial charge on any atom is 0.296 e. The predicted octanol–water partition coefficient (Wildman–Crippen LogP) is 5.88. The number of hydrazone groups is 1. The number of carbonyl (C=O) groups is 2. The van der Waals surface area contributed by atoms with E-state index in [4.69, 9.17) is 10.5 Å². The van der Waals surface area contributed by atoms with E-state index < -0.39 is 106 Å². The SMILES string of the molecule is COc1cc(N=Nc2ccc(S(=O)(=O)O)c3cc(S(=O)(=O)O)cc(O)c23)c(C)cc1N=Nc1c(S(=O)(=O)O)cc2cc(N=NC3C(=O)N(c4ccc(S(=O)(=O)O)cc4)N=C3C(N)=O)ccc2c1O. The van der Waals surface area contributed by atoms with Gasteiger partial charge in [0.05, 0.1) is 45.0 Å². The molecule has 6 aromatic carbocycles. The minimum absolute atomic E-state index is 0.0226. The largest absolute Gasteiger partial charge is 0.507 e. The van der Waals surface area contributed by atoms with Crippen molar-refractivity contribution in [3.8, 4) is 17.2 Å². The van der Waals surface area contributed by atoms with Gasteiger partial charge >= 0.3 is 0 Å². The van der Waals surface area contributed by atoms with E-state index in [1.54, 1.807) is 0 Å². The summed E-state index contributed by atoms with van der Waals surface area (Å²) < 4.78 is 140. The number of nitrogens with zero attached hydrogens (tertiary/aromatic N) is 8. The Morgan fingerprint density at radius 3 is 1.91 bits per heavy atom. The van der Waals surface area contributed by atoms with Crippen molar-refractivity contribution in [3.05, 3.63) is 90.5 Å². The summed E-state index contributed by atoms with van der Waals surface area (Å²) in [5.74, 6) is -3.78. The van der Waals surface area contributed by atoms with Crippen LogP contribution in [0.4, 0.5) is 34.1 Å². The van der Waals surface area contributed by atoms with Crippen LogP contribution in [0.5, 0.6) is 17.2 Å². The predicted molar refractivity (Wildman–Crippen MR) is 235 cm³/mol. The number of primary amides is 1. The highest BCUT2D eigenvalue weighted by Gasteiger charge is 2.40. The molecule has 26 nitrogen and oxygen atoms in total. The number of fused-ring (bicyclic) bond motifs is 2. The number of amides is 2. The molecular formula is C38H29N9O17S4. The van der Waals surface area contributed by atoms with Crippen LogP contribution < -0.4 is 15.5 Å². The fourth-order valence-electron chi connectivity index (χ4n) is 6.57. The van der Waals surface area contributed by atoms with Gasteiger partial charge in [0.25, 0.3) is 52.3 Å². The van der Waals surface area contributed by atoms with Crippen molar-refractivity contribution in [1.82, 2.24) is 0 Å². The molecule has 0 saturated heterocycles. The van der Waals surface area contributed by atoms with Gasteiger partial charge in [-0.15, -0.1) is 15.3 Å². The second-order valence-corrected chi connectivity index (χ2v) is 19.8. The number of benzene rings is 6. The monoisotopic (exact) mass is 1010 g/mol. The molecule has 0 aliphatic carbocycles. The van der Waals surface area contributed by atoms with E-state index in [9.17, 15) is 71.7 Å². The van der Waals surface area contributed by atoms with E-state index in [2.05, 4.69) is 35.8 Å². The summed E-state index contributed by atoms with van der Waals surface area (Å²) in [6.07, 6.45) is 0. The van der Waals surface area contributed by atoms with Crippen LogP contribution in [0, 0.1) is 6.92 Å². The minimum atomic E-state index is -5.16. The lowest BCUT2D eigenvalue weighted by molar-refractivity contribution is -0.118. The number of methoxy groups -OCH3 is 1. The Balaban J connectivity index is 1.20. The third-order valence-corrected chi connectivity index (χ3v) is 13.2. The van der Waals surface area contributed by atoms with Crippen molar-refractivity contribution < 1.29 is 76.4 Å². The topological polar surface area (TPSA) is 417 Å². The molecule has 1 aliphatic heterocycles. The first-order valence-corrected chi connectivity index (χ1v) is 24.2. The average molecular weight is 1010 g/mol. The van der Waals surface area contributed by atoms with Crippen molar-refractivity contribution in [3.63, 3.8) is 0 Å². The Kier molecular flexibility index (Phi) is 12.4. The van der Waals surface area contributed by atoms with Gasteiger partial charge in [-0.25, -0.2) is 0 Å². The van der Waals surface area contributed by atoms with Crippen molar-refractivity contribution >= 4 is 114 Å². The summed E-state index contributed by atoms with van der Waals surface area (Å²) in [6, 6.07) is 13.0. The Hall–Kier alpha value is -7.71. The summed E-state index contributed by atoms with van der Waals surface area (Å²) in [4.78, 5) is 22.4. The zero-order valence-corrected chi connectivity index (χ0v) is 37.4. The maximum atomic E-state index is 13.3. The van der Waals surface area contributed by atoms with Crippen LogP contribution in [0.3, 0.4) is 0 Å². The molecule has 0 bridgehead atoms. The van der Waals surface area contributed by atoms with Crippen LogP contribution in [0.1, 0.15) is 5.56 Å². The number of ether oxygens (including phenoxy) is 1. The molecule has 1 heterocycles. The molecule has 68 heavy (non-hydrogen) atoms. The molecule has 0 aromatic heterocycles. The maximum absolute atomic E-state index is 13.3. The quantitative estimate of drug-likeness (QED) is 0.0524. The number of phenols is 2. The highest BCUT2D eigenvalue weighted by Crippen LogP contribution is 2.45. The van der Waals surface area contributed by atoms with Crippen LogP contribution in [-0.4, -0.2) is 92.8 Å². The summed E-state index contributed by atoms with van der Waals surface area (Å²) in [7, 11) is -18.5. The van der Waals surface area contributed by atoms with Gasteiger partial charge in [0.2, 0.25) is 6.04 Å². The smallest absolute Gasteiger partial charge is 0.296 e. The van der Waals surface area contributed by atoms with Gasteiger partial charge in [0.15, 0.2) is 11.5 Å². The number of nitrogens with two attached hydrogens (primary N) is 1. The molecule has 8 N–H and O–H groups in total. The fraction of sp³-hybridized carbons (Fsp3) is 0.0789. The Morgan fingerprint density at radius 2 is 1.31 bits per heavy atom. The molecule has 0 radical (unpaired) electrons. The lowest BCUT2D eigenvalue weighted by Gasteiger charge is -2.12. The summed E-state index contributed by atoms with van der Waals surface area (Å²) in [5.41, 5.74) is 4.14. The molecular weight excluding hydrogens is 983 g/mol. The number of anilines is 1. The zero-order valence-electron chi connectivity index (χ0n) is 34.1. The second-order valence-electron chi connectivity index (χ2n) is 14.1. The lowest BCUT2D eigenvalue weighted by Crippen LogP contribution is -2.35. The lowest BCUT2D eigenvalue weighted by atomic mass is 10.1. The van der Waals surface area contributed by atoms with Crippen LogP contribution in [0.15, 0.2) is 140 Å². The van der Waals surface area contributed by atoms with Crippen molar-refractivity contribution in [2.45, 2.75) is 32.5 Å². The van der Waals surface area contributed by atoms with Crippen LogP contribution in [0.25, 0.3) is 21.5 Å². The fourth-order valence-corrected chi connectivity index (χ4v) is 8.91. The average Bonchev–Trinajstić information content (AvgIpc) is 3.58. The van der Waals surface area contributed by atoms with E-state index in [-0.39, 0.29) is 50.3 Å². The second kappa shape index (κ2) is 17.5. The first-order chi connectivity index (χ1) is 31.7. The molecule has 0 spiro atoms. The standard InChI is InChI=1S/C38H29N9O17S4/c1-17-11-27(29(64-2)16-26(17)42-41-25-9-10-30(67(58,59)60)24-14-22(66(55,56)57)15-28(48)32(24)25)43-44-33-31(68(61,62)63)13-18-12-19(3-8-23(18)36(33)49)40-45-35-34(37(39)50)46-47(38(35)51)20-4-6-21(7-5-20)65(52,53)54/h3-16,35,48-49H,1-2H3,(H2,39,50)(H,52,53,54)(H,55,56,57)(H,58,59,60)(H,61,62,63). The van der Waals surface area contributed by atoms with Crippen molar-refractivity contribution in [1.29, 1.82) is 0 Å². The molecule has 352 valence electrons. The molecule has 1 aliphatic rings. The van der Waals surface area contributed by atoms with Crippen LogP contribution >= 0.6 is 0 Å². The molecule has 6 aromatic rings. The number of carbonyl (C=O) groups excluding carboxylic acids is 2. The van der Waals surface area contributed by atoms with Gasteiger partial charge in [-0.05, 0) is 90.7 Å². The van der Waals surface area contributed by atoms with Crippen molar-refractivity contribution in [2.24, 2.45) is 41.5 Å². The van der Waals surface area contributed by atoms with E-state index in [0.717, 1.165) is 42.5 Å². The number of aryl methyl sites for hydroxylation is 1. The Bertz CT molecular complexity index is 3770. The summed E-state index contributed by atoms with van der Waals surface area (Å²) in [5, 5.41) is 49.6. The molecule has 2 amide bonds. The zero-order chi connectivity index (χ0) is 49.8. The summed E-state index contributed by atoms with van der Waals surface area (Å²) in [6.45, 7) is 1.52. The number of aromatic hydroxyl groups is 2. The number of hydrogen-bond acceptors (Lipinski definition) is 20. The van der Waals surface area contributed by atoms with E-state index in [1.807, 2.05) is 0 Å². The third-order valence-electron chi connectivity index (χ3n) is 9.74. The first kappa shape index (κ1) is 48.2. The van der Waals surface area contributed by atoms with E-state index in [1.165, 1.54) is 44.4 Å². The first-order valence-electron chi connectivity index (χ1n) is 18.4. The molecule has 0 saturated carbocycles. The normalized spacial score (nSPS) is 15.1. The summed E-state index contributed by atoms with van der Waals surface area (Å²) >= 11 is 0. The molecule has 7 rings (SSSR count). The number of hydrogen-bond donors (Lipinski definition) is 7. The molecule has 0 fully saturated rings. The van der Waals surface area contributed by atoms with E-state index in [0.29, 0.717) is 22.7 Å². The van der Waals surface area contributed by atoms with Crippen LogP contribution in [0.2, 0.25) is 0 Å². The van der Waals surface area contributed by atoms with Gasteiger partial charge < -0.3 is 20.7 Å². The van der Waals surface area contributed by atoms with Crippen LogP contribution in [-0.2, 0) is 50.1 Å². The van der Waals surface area contributed by atoms with Gasteiger partial charge in [0, 0.05) is 22.9 Å². The van der Waals surface area contributed by atoms with E-state index >= 15 is 0 Å². The third kappa shape index (κ3) is 9.58. The van der Waals surface area contributed by atoms with Gasteiger partial charge in [0.1, 0.15) is 32.7 Å². The van der Waals surface area contributed by atoms with Gasteiger partial charge in [-0.1, -0.05) is 0 Å². The molecule has 30 heteroatoms. The number of azo groups is 3.